The summed E-state index contributed by atoms with van der Waals surface area (Å²) in [6, 6.07) is 8.70. The highest BCUT2D eigenvalue weighted by Crippen LogP contribution is 2.21. The van der Waals surface area contributed by atoms with E-state index >= 15 is 0 Å². The molecule has 1 aromatic carbocycles. The Bertz CT molecular complexity index is 730. The van der Waals surface area contributed by atoms with E-state index in [-0.39, 0.29) is 22.8 Å². The molecule has 2 N–H and O–H groups in total. The average Bonchev–Trinajstić information content (AvgIpc) is 2.89. The van der Waals surface area contributed by atoms with Gasteiger partial charge < -0.3 is 14.8 Å². The van der Waals surface area contributed by atoms with Crippen molar-refractivity contribution in [1.29, 1.82) is 5.26 Å². The third-order valence-corrected chi connectivity index (χ3v) is 2.63. The molecule has 1 amide bonds. The van der Waals surface area contributed by atoms with Crippen molar-refractivity contribution in [3.8, 4) is 6.07 Å². The molecule has 2 aromatic rings. The van der Waals surface area contributed by atoms with Crippen molar-refractivity contribution < 1.29 is 19.1 Å². The minimum atomic E-state index is -1.27. The maximum Gasteiger partial charge on any atom is 0.371 e. The average molecular weight is 291 g/mol. The van der Waals surface area contributed by atoms with Crippen molar-refractivity contribution in [2.24, 2.45) is 0 Å². The van der Waals surface area contributed by atoms with Crippen molar-refractivity contribution in [3.63, 3.8) is 0 Å². The van der Waals surface area contributed by atoms with Crippen molar-refractivity contribution in [1.82, 2.24) is 0 Å². The maximum atomic E-state index is 11.9. The summed E-state index contributed by atoms with van der Waals surface area (Å²) in [6.07, 6.45) is 0. The van der Waals surface area contributed by atoms with Crippen LogP contribution in [-0.4, -0.2) is 17.0 Å². The number of rotatable bonds is 3. The third-order valence-electron chi connectivity index (χ3n) is 2.39. The van der Waals surface area contributed by atoms with E-state index in [4.69, 9.17) is 26.4 Å². The molecule has 0 aliphatic carbocycles. The summed E-state index contributed by atoms with van der Waals surface area (Å²) in [5, 5.41) is 20.4. The molecule has 0 spiro atoms. The van der Waals surface area contributed by atoms with Crippen molar-refractivity contribution >= 4 is 29.2 Å². The normalized spacial score (nSPS) is 9.80. The number of nitriles is 1. The van der Waals surface area contributed by atoms with Gasteiger partial charge in [-0.25, -0.2) is 4.79 Å². The van der Waals surface area contributed by atoms with Crippen LogP contribution in [0.4, 0.5) is 5.69 Å². The Balaban J connectivity index is 2.25. The van der Waals surface area contributed by atoms with Crippen molar-refractivity contribution in [2.75, 3.05) is 5.32 Å². The lowest BCUT2D eigenvalue weighted by Gasteiger charge is -2.05. The first-order chi connectivity index (χ1) is 9.51. The molecule has 0 atom stereocenters. The Hall–Kier alpha value is -2.78. The number of carbonyl (C=O) groups excluding carboxylic acids is 1. The van der Waals surface area contributed by atoms with E-state index in [0.29, 0.717) is 5.02 Å². The number of carboxylic acid groups (broad SMARTS) is 1. The van der Waals surface area contributed by atoms with Gasteiger partial charge in [0.2, 0.25) is 5.76 Å². The maximum absolute atomic E-state index is 11.9. The summed E-state index contributed by atoms with van der Waals surface area (Å²) in [6.45, 7) is 0. The van der Waals surface area contributed by atoms with Gasteiger partial charge in [0.1, 0.15) is 6.07 Å². The molecular formula is C13H7ClN2O4. The van der Waals surface area contributed by atoms with Gasteiger partial charge in [-0.15, -0.1) is 0 Å². The van der Waals surface area contributed by atoms with Crippen molar-refractivity contribution in [2.45, 2.75) is 0 Å². The lowest BCUT2D eigenvalue weighted by molar-refractivity contribution is 0.0660. The molecule has 0 unspecified atom stereocenters. The SMILES string of the molecule is N#Cc1ccc(Cl)cc1NC(=O)c1ccc(C(=O)O)o1. The van der Waals surface area contributed by atoms with Gasteiger partial charge in [-0.3, -0.25) is 4.79 Å². The first kappa shape index (κ1) is 13.6. The number of hydrogen-bond donors (Lipinski definition) is 2. The second kappa shape index (κ2) is 5.47. The number of benzene rings is 1. The number of anilines is 1. The van der Waals surface area contributed by atoms with E-state index < -0.39 is 11.9 Å². The predicted octanol–water partition coefficient (Wildman–Crippen LogP) is 2.76. The van der Waals surface area contributed by atoms with Gasteiger partial charge in [-0.05, 0) is 30.3 Å². The molecule has 2 rings (SSSR count). The second-order valence-electron chi connectivity index (χ2n) is 3.72. The predicted molar refractivity (Wildman–Crippen MR) is 69.8 cm³/mol. The standard InChI is InChI=1S/C13H7ClN2O4/c14-8-2-1-7(6-15)9(5-8)16-12(17)10-3-4-11(20-10)13(18)19/h1-5H,(H,16,17)(H,18,19). The van der Waals surface area contributed by atoms with E-state index in [1.165, 1.54) is 30.3 Å². The molecule has 1 heterocycles. The summed E-state index contributed by atoms with van der Waals surface area (Å²) in [4.78, 5) is 22.5. The molecule has 0 bridgehead atoms. The fourth-order valence-corrected chi connectivity index (χ4v) is 1.65. The van der Waals surface area contributed by atoms with Crippen LogP contribution in [0.15, 0.2) is 34.7 Å². The van der Waals surface area contributed by atoms with Crippen LogP contribution in [0.1, 0.15) is 26.7 Å². The smallest absolute Gasteiger partial charge is 0.371 e. The summed E-state index contributed by atoms with van der Waals surface area (Å²) in [5.41, 5.74) is 0.450. The van der Waals surface area contributed by atoms with Gasteiger partial charge in [-0.2, -0.15) is 5.26 Å². The van der Waals surface area contributed by atoms with E-state index in [1.807, 2.05) is 6.07 Å². The van der Waals surface area contributed by atoms with E-state index in [2.05, 4.69) is 5.32 Å². The number of halogens is 1. The summed E-state index contributed by atoms with van der Waals surface area (Å²) < 4.78 is 4.86. The summed E-state index contributed by atoms with van der Waals surface area (Å²) in [5.74, 6) is -2.46. The number of amides is 1. The zero-order valence-corrected chi connectivity index (χ0v) is 10.6. The van der Waals surface area contributed by atoms with Crippen LogP contribution in [0.5, 0.6) is 0 Å². The first-order valence-corrected chi connectivity index (χ1v) is 5.73. The molecule has 0 aliphatic rings. The van der Waals surface area contributed by atoms with Crippen LogP contribution in [-0.2, 0) is 0 Å². The third kappa shape index (κ3) is 2.79. The molecule has 1 aromatic heterocycles. The number of hydrogen-bond acceptors (Lipinski definition) is 4. The number of nitrogens with one attached hydrogen (secondary N) is 1. The number of carboxylic acids is 1. The van der Waals surface area contributed by atoms with Gasteiger partial charge in [0.05, 0.1) is 11.3 Å². The molecule has 6 nitrogen and oxygen atoms in total. The zero-order chi connectivity index (χ0) is 14.7. The number of furan rings is 1. The Morgan fingerprint density at radius 2 is 1.95 bits per heavy atom. The molecule has 0 aliphatic heterocycles. The highest BCUT2D eigenvalue weighted by Gasteiger charge is 2.16. The van der Waals surface area contributed by atoms with E-state index in [1.54, 1.807) is 0 Å². The molecular weight excluding hydrogens is 284 g/mol. The molecule has 20 heavy (non-hydrogen) atoms. The molecule has 0 fully saturated rings. The fraction of sp³-hybridized carbons (Fsp3) is 0. The lowest BCUT2D eigenvalue weighted by Crippen LogP contribution is -2.12. The monoisotopic (exact) mass is 290 g/mol. The number of nitrogens with zero attached hydrogens (tertiary/aromatic N) is 1. The zero-order valence-electron chi connectivity index (χ0n) is 9.88. The van der Waals surface area contributed by atoms with Crippen LogP contribution in [0, 0.1) is 11.3 Å². The molecule has 7 heteroatoms. The summed E-state index contributed by atoms with van der Waals surface area (Å²) >= 11 is 5.79. The Labute approximate surface area is 118 Å². The molecule has 0 saturated carbocycles. The highest BCUT2D eigenvalue weighted by molar-refractivity contribution is 6.31. The van der Waals surface area contributed by atoms with Gasteiger partial charge >= 0.3 is 5.97 Å². The van der Waals surface area contributed by atoms with Crippen molar-refractivity contribution in [3.05, 3.63) is 52.4 Å². The van der Waals surface area contributed by atoms with E-state index in [9.17, 15) is 9.59 Å². The first-order valence-electron chi connectivity index (χ1n) is 5.35. The largest absolute Gasteiger partial charge is 0.475 e. The Morgan fingerprint density at radius 3 is 2.55 bits per heavy atom. The van der Waals surface area contributed by atoms with E-state index in [0.717, 1.165) is 0 Å². The molecule has 0 radical (unpaired) electrons. The van der Waals surface area contributed by atoms with Crippen LogP contribution in [0.25, 0.3) is 0 Å². The lowest BCUT2D eigenvalue weighted by atomic mass is 10.2. The highest BCUT2D eigenvalue weighted by atomic mass is 35.5. The number of carbonyl (C=O) groups is 2. The minimum Gasteiger partial charge on any atom is -0.475 e. The fourth-order valence-electron chi connectivity index (χ4n) is 1.48. The number of aromatic carboxylic acids is 1. The Morgan fingerprint density at radius 1 is 1.25 bits per heavy atom. The van der Waals surface area contributed by atoms with Crippen LogP contribution in [0.2, 0.25) is 5.02 Å². The van der Waals surface area contributed by atoms with Crippen LogP contribution < -0.4 is 5.32 Å². The quantitative estimate of drug-likeness (QED) is 0.904. The van der Waals surface area contributed by atoms with Gasteiger partial charge in [0.25, 0.3) is 5.91 Å². The molecule has 100 valence electrons. The molecule has 0 saturated heterocycles. The van der Waals surface area contributed by atoms with Crippen LogP contribution >= 0.6 is 11.6 Å². The van der Waals surface area contributed by atoms with Gasteiger partial charge in [0.15, 0.2) is 5.76 Å². The van der Waals surface area contributed by atoms with Gasteiger partial charge in [-0.1, -0.05) is 11.6 Å². The Kier molecular flexibility index (Phi) is 3.73. The minimum absolute atomic E-state index is 0.175. The summed E-state index contributed by atoms with van der Waals surface area (Å²) in [7, 11) is 0. The topological polar surface area (TPSA) is 103 Å². The second-order valence-corrected chi connectivity index (χ2v) is 4.16. The van der Waals surface area contributed by atoms with Crippen LogP contribution in [0.3, 0.4) is 0 Å². The van der Waals surface area contributed by atoms with Gasteiger partial charge in [0, 0.05) is 5.02 Å².